The van der Waals surface area contributed by atoms with E-state index in [0.29, 0.717) is 24.2 Å². The molecule has 10 heteroatoms. The van der Waals surface area contributed by atoms with Crippen molar-refractivity contribution in [2.24, 2.45) is 11.7 Å². The van der Waals surface area contributed by atoms with E-state index in [4.69, 9.17) is 25.1 Å². The molecule has 1 saturated heterocycles. The standard InChI is InChI=1S/C24H34N2O8/c1-15(24(5,21(25)29)33-18-10-12-26(13-11-18)22(30)31)20(28)16-6-8-17(9-7-16)32-14-19(27)34-23(2,3)4/h6-9,15,18H,10-14H2,1-5H3,(H2,25,29)(H,30,31)/t15?,24-/m0/s1. The Morgan fingerprint density at radius 3 is 2.12 bits per heavy atom. The summed E-state index contributed by atoms with van der Waals surface area (Å²) in [5.41, 5.74) is 3.77. The molecule has 2 rings (SSSR count). The Labute approximate surface area is 199 Å². The van der Waals surface area contributed by atoms with Crippen molar-refractivity contribution in [1.29, 1.82) is 0 Å². The molecule has 0 bridgehead atoms. The molecular formula is C24H34N2O8. The number of Topliss-reactive ketones (excluding diaryl/α,β-unsaturated/α-hetero) is 1. The van der Waals surface area contributed by atoms with Gasteiger partial charge < -0.3 is 30.0 Å². The molecule has 2 atom stereocenters. The highest BCUT2D eigenvalue weighted by Gasteiger charge is 2.45. The molecule has 2 amide bonds. The maximum absolute atomic E-state index is 13.1. The van der Waals surface area contributed by atoms with E-state index in [9.17, 15) is 19.2 Å². The summed E-state index contributed by atoms with van der Waals surface area (Å²) in [6, 6.07) is 6.18. The second-order valence-corrected chi connectivity index (χ2v) is 9.54. The van der Waals surface area contributed by atoms with Crippen LogP contribution in [-0.2, 0) is 19.1 Å². The van der Waals surface area contributed by atoms with Crippen LogP contribution >= 0.6 is 0 Å². The monoisotopic (exact) mass is 478 g/mol. The number of hydrogen-bond acceptors (Lipinski definition) is 7. The van der Waals surface area contributed by atoms with Gasteiger partial charge in [0, 0.05) is 18.7 Å². The van der Waals surface area contributed by atoms with Crippen LogP contribution in [-0.4, -0.2) is 70.8 Å². The molecule has 188 valence electrons. The van der Waals surface area contributed by atoms with Crippen LogP contribution < -0.4 is 10.5 Å². The first-order valence-corrected chi connectivity index (χ1v) is 11.2. The molecule has 0 aliphatic carbocycles. The number of carbonyl (C=O) groups is 4. The van der Waals surface area contributed by atoms with Crippen molar-refractivity contribution < 1.29 is 38.5 Å². The predicted molar refractivity (Wildman–Crippen MR) is 123 cm³/mol. The number of amides is 2. The third-order valence-electron chi connectivity index (χ3n) is 5.75. The molecule has 0 aromatic heterocycles. The predicted octanol–water partition coefficient (Wildman–Crippen LogP) is 2.63. The molecule has 1 heterocycles. The van der Waals surface area contributed by atoms with E-state index < -0.39 is 41.2 Å². The minimum Gasteiger partial charge on any atom is -0.482 e. The van der Waals surface area contributed by atoms with Gasteiger partial charge in [-0.1, -0.05) is 6.92 Å². The Kier molecular flexibility index (Phi) is 8.66. The first-order chi connectivity index (χ1) is 15.7. The summed E-state index contributed by atoms with van der Waals surface area (Å²) >= 11 is 0. The van der Waals surface area contributed by atoms with Gasteiger partial charge in [-0.2, -0.15) is 0 Å². The van der Waals surface area contributed by atoms with Gasteiger partial charge in [-0.25, -0.2) is 9.59 Å². The number of ketones is 1. The lowest BCUT2D eigenvalue weighted by Crippen LogP contribution is -2.54. The molecule has 1 unspecified atom stereocenters. The number of benzene rings is 1. The number of nitrogens with zero attached hydrogens (tertiary/aromatic N) is 1. The Morgan fingerprint density at radius 1 is 1.09 bits per heavy atom. The van der Waals surface area contributed by atoms with Crippen molar-refractivity contribution in [3.63, 3.8) is 0 Å². The van der Waals surface area contributed by atoms with E-state index in [1.165, 1.54) is 24.0 Å². The van der Waals surface area contributed by atoms with Crippen molar-refractivity contribution in [3.8, 4) is 5.75 Å². The molecule has 1 aromatic rings. The van der Waals surface area contributed by atoms with Gasteiger partial charge in [0.1, 0.15) is 11.4 Å². The molecule has 0 radical (unpaired) electrons. The summed E-state index contributed by atoms with van der Waals surface area (Å²) in [5, 5.41) is 9.09. The minimum absolute atomic E-state index is 0.269. The molecule has 1 fully saturated rings. The minimum atomic E-state index is -1.57. The van der Waals surface area contributed by atoms with Gasteiger partial charge >= 0.3 is 12.1 Å². The number of nitrogens with two attached hydrogens (primary N) is 1. The maximum Gasteiger partial charge on any atom is 0.407 e. The van der Waals surface area contributed by atoms with Crippen LogP contribution in [0.4, 0.5) is 4.79 Å². The van der Waals surface area contributed by atoms with Crippen LogP contribution in [0.2, 0.25) is 0 Å². The third kappa shape index (κ3) is 7.18. The molecule has 1 aliphatic rings. The van der Waals surface area contributed by atoms with Crippen molar-refractivity contribution in [3.05, 3.63) is 29.8 Å². The lowest BCUT2D eigenvalue weighted by molar-refractivity contribution is -0.159. The van der Waals surface area contributed by atoms with Crippen LogP contribution in [0.1, 0.15) is 57.8 Å². The van der Waals surface area contributed by atoms with Crippen LogP contribution in [0.5, 0.6) is 5.75 Å². The zero-order chi connectivity index (χ0) is 25.7. The summed E-state index contributed by atoms with van der Waals surface area (Å²) in [7, 11) is 0. The SMILES string of the molecule is CC(C(=O)c1ccc(OCC(=O)OC(C)(C)C)cc1)[C@](C)(OC1CCN(C(=O)O)CC1)C(N)=O. The van der Waals surface area contributed by atoms with E-state index in [2.05, 4.69) is 0 Å². The number of rotatable bonds is 9. The number of carbonyl (C=O) groups excluding carboxylic acids is 3. The number of likely N-dealkylation sites (tertiary alicyclic amines) is 1. The van der Waals surface area contributed by atoms with Crippen molar-refractivity contribution in [1.82, 2.24) is 4.90 Å². The number of carboxylic acid groups (broad SMARTS) is 1. The summed E-state index contributed by atoms with van der Waals surface area (Å²) in [4.78, 5) is 49.6. The molecule has 0 saturated carbocycles. The Hall–Kier alpha value is -3.14. The molecule has 3 N–H and O–H groups in total. The molecule has 0 spiro atoms. The largest absolute Gasteiger partial charge is 0.482 e. The molecule has 10 nitrogen and oxygen atoms in total. The van der Waals surface area contributed by atoms with Gasteiger partial charge in [0.25, 0.3) is 0 Å². The summed E-state index contributed by atoms with van der Waals surface area (Å²) < 4.78 is 16.6. The summed E-state index contributed by atoms with van der Waals surface area (Å²) in [6.07, 6.45) is -0.593. The van der Waals surface area contributed by atoms with Gasteiger partial charge in [-0.15, -0.1) is 0 Å². The van der Waals surface area contributed by atoms with Crippen LogP contribution in [0, 0.1) is 5.92 Å². The fraction of sp³-hybridized carbons (Fsp3) is 0.583. The second kappa shape index (κ2) is 10.9. The molecule has 1 aliphatic heterocycles. The molecule has 34 heavy (non-hydrogen) atoms. The fourth-order valence-corrected chi connectivity index (χ4v) is 3.61. The quantitative estimate of drug-likeness (QED) is 0.407. The van der Waals surface area contributed by atoms with E-state index in [1.54, 1.807) is 39.8 Å². The Morgan fingerprint density at radius 2 is 1.65 bits per heavy atom. The zero-order valence-corrected chi connectivity index (χ0v) is 20.3. The molecular weight excluding hydrogens is 444 g/mol. The van der Waals surface area contributed by atoms with E-state index in [1.807, 2.05) is 0 Å². The second-order valence-electron chi connectivity index (χ2n) is 9.54. The number of primary amides is 1. The lowest BCUT2D eigenvalue weighted by Gasteiger charge is -2.38. The zero-order valence-electron chi connectivity index (χ0n) is 20.3. The Bertz CT molecular complexity index is 901. The fourth-order valence-electron chi connectivity index (χ4n) is 3.61. The first kappa shape index (κ1) is 27.1. The average molecular weight is 479 g/mol. The maximum atomic E-state index is 13.1. The average Bonchev–Trinajstić information content (AvgIpc) is 2.76. The van der Waals surface area contributed by atoms with E-state index in [0.717, 1.165) is 0 Å². The van der Waals surface area contributed by atoms with Gasteiger partial charge in [0.2, 0.25) is 5.91 Å². The number of piperidine rings is 1. The lowest BCUT2D eigenvalue weighted by atomic mass is 9.83. The van der Waals surface area contributed by atoms with Crippen molar-refractivity contribution >= 4 is 23.8 Å². The highest BCUT2D eigenvalue weighted by atomic mass is 16.6. The smallest absolute Gasteiger partial charge is 0.407 e. The third-order valence-corrected chi connectivity index (χ3v) is 5.75. The van der Waals surface area contributed by atoms with Crippen LogP contribution in [0.3, 0.4) is 0 Å². The number of ether oxygens (including phenoxy) is 3. The molecule has 1 aromatic carbocycles. The van der Waals surface area contributed by atoms with Crippen molar-refractivity contribution in [2.75, 3.05) is 19.7 Å². The normalized spacial score (nSPS) is 17.4. The van der Waals surface area contributed by atoms with Crippen molar-refractivity contribution in [2.45, 2.75) is 64.8 Å². The number of hydrogen-bond donors (Lipinski definition) is 2. The highest BCUT2D eigenvalue weighted by Crippen LogP contribution is 2.30. The summed E-state index contributed by atoms with van der Waals surface area (Å²) in [6.45, 7) is 8.63. The van der Waals surface area contributed by atoms with Crippen LogP contribution in [0.25, 0.3) is 0 Å². The van der Waals surface area contributed by atoms with Gasteiger partial charge in [0.15, 0.2) is 18.0 Å². The summed E-state index contributed by atoms with van der Waals surface area (Å²) in [5.74, 6) is -2.13. The van der Waals surface area contributed by atoms with Crippen LogP contribution in [0.15, 0.2) is 24.3 Å². The Balaban J connectivity index is 2.02. The highest BCUT2D eigenvalue weighted by molar-refractivity contribution is 6.02. The first-order valence-electron chi connectivity index (χ1n) is 11.2. The van der Waals surface area contributed by atoms with E-state index >= 15 is 0 Å². The van der Waals surface area contributed by atoms with Gasteiger partial charge in [0.05, 0.1) is 12.0 Å². The van der Waals surface area contributed by atoms with E-state index in [-0.39, 0.29) is 25.5 Å². The van der Waals surface area contributed by atoms with Gasteiger partial charge in [-0.3, -0.25) is 9.59 Å². The number of esters is 1. The van der Waals surface area contributed by atoms with Gasteiger partial charge in [-0.05, 0) is 64.8 Å². The topological polar surface area (TPSA) is 145 Å².